The van der Waals surface area contributed by atoms with E-state index >= 15 is 0 Å². The highest BCUT2D eigenvalue weighted by Gasteiger charge is 2.34. The van der Waals surface area contributed by atoms with E-state index < -0.39 is 64.6 Å². The third-order valence-electron chi connectivity index (χ3n) is 17.3. The summed E-state index contributed by atoms with van der Waals surface area (Å²) < 4.78 is 0. The lowest BCUT2D eigenvalue weighted by Crippen LogP contribution is -2.46. The molecule has 80 heavy (non-hydrogen) atoms. The van der Waals surface area contributed by atoms with Crippen LogP contribution in [0.25, 0.3) is 32.3 Å². The van der Waals surface area contributed by atoms with Gasteiger partial charge in [-0.05, 0) is 105 Å². The molecule has 0 aromatic heterocycles. The van der Waals surface area contributed by atoms with Crippen molar-refractivity contribution in [3.63, 3.8) is 0 Å². The Morgan fingerprint density at radius 3 is 0.575 bits per heavy atom. The topological polar surface area (TPSA) is 6.48 Å². The van der Waals surface area contributed by atoms with E-state index in [1.54, 1.807) is 41.5 Å². The maximum absolute atomic E-state index is 2.77. The third kappa shape index (κ3) is 12.5. The first-order chi connectivity index (χ1) is 36.3. The molecule has 0 saturated carbocycles. The summed E-state index contributed by atoms with van der Waals surface area (Å²) in [5.74, 6) is 0.594. The fourth-order valence-electron chi connectivity index (χ4n) is 11.6. The third-order valence-corrected chi connectivity index (χ3v) is 33.4. The molecular formula is C70H104N2Si8. The lowest BCUT2D eigenvalue weighted by Gasteiger charge is -2.35. The zero-order chi connectivity index (χ0) is 59.7. The van der Waals surface area contributed by atoms with Crippen LogP contribution in [0.15, 0.2) is 109 Å². The highest BCUT2D eigenvalue weighted by Crippen LogP contribution is 2.51. The van der Waals surface area contributed by atoms with E-state index in [0.717, 1.165) is 0 Å². The van der Waals surface area contributed by atoms with Crippen molar-refractivity contribution >= 4 is 173 Å². The minimum atomic E-state index is -1.77. The Kier molecular flexibility index (Phi) is 16.3. The van der Waals surface area contributed by atoms with Gasteiger partial charge < -0.3 is 9.80 Å². The summed E-state index contributed by atoms with van der Waals surface area (Å²) in [4.78, 5) is 5.54. The van der Waals surface area contributed by atoms with Gasteiger partial charge in [0.25, 0.3) is 0 Å². The van der Waals surface area contributed by atoms with Crippen molar-refractivity contribution in [3.05, 3.63) is 120 Å². The van der Waals surface area contributed by atoms with E-state index in [1.807, 2.05) is 0 Å². The lowest BCUT2D eigenvalue weighted by atomic mass is 9.84. The van der Waals surface area contributed by atoms with Gasteiger partial charge in [-0.3, -0.25) is 0 Å². The zero-order valence-corrected chi connectivity index (χ0v) is 63.4. The zero-order valence-electron chi connectivity index (χ0n) is 55.4. The highest BCUT2D eigenvalue weighted by molar-refractivity contribution is 6.94. The number of hydrogen-bond donors (Lipinski definition) is 0. The SMILES string of the molecule is CC(C)c1cc(N(c2cc([Si](C)(C)C)cc([Si](C)(C)C)c2)c2cc([Si](C)(C)C)cc([Si](C)(C)C)c2)c2ccc3c(C(C)C)cc(N(c4cc([Si](C)(C)C)cc([Si](C)(C)C)c4)c4cc([Si](C)(C)C)cc([Si](C)(C)C)c4)c4ccc1c2c34. The first-order valence-electron chi connectivity index (χ1n) is 30.4. The van der Waals surface area contributed by atoms with Crippen molar-refractivity contribution in [2.24, 2.45) is 0 Å². The predicted octanol–water partition coefficient (Wildman–Crippen LogP) is 18.1. The molecule has 0 radical (unpaired) electrons. The lowest BCUT2D eigenvalue weighted by molar-refractivity contribution is 0.875. The fourth-order valence-corrected chi connectivity index (χ4v) is 21.5. The van der Waals surface area contributed by atoms with E-state index in [1.165, 1.54) is 77.6 Å². The molecule has 0 aliphatic heterocycles. The maximum atomic E-state index is 2.77. The summed E-state index contributed by atoms with van der Waals surface area (Å²) >= 11 is 0. The van der Waals surface area contributed by atoms with Crippen LogP contribution in [0.5, 0.6) is 0 Å². The second kappa shape index (κ2) is 21.0. The van der Waals surface area contributed by atoms with Crippen molar-refractivity contribution in [1.29, 1.82) is 0 Å². The van der Waals surface area contributed by atoms with Crippen molar-refractivity contribution in [2.45, 2.75) is 197 Å². The normalized spacial score (nSPS) is 13.7. The van der Waals surface area contributed by atoms with Gasteiger partial charge in [0.2, 0.25) is 0 Å². The maximum Gasteiger partial charge on any atom is 0.0776 e. The van der Waals surface area contributed by atoms with Crippen LogP contribution < -0.4 is 51.3 Å². The summed E-state index contributed by atoms with van der Waals surface area (Å²) in [5.41, 5.74) is 10.7. The molecule has 2 nitrogen and oxygen atoms in total. The van der Waals surface area contributed by atoms with Crippen LogP contribution in [0.4, 0.5) is 34.1 Å². The van der Waals surface area contributed by atoms with Gasteiger partial charge in [0.1, 0.15) is 0 Å². The minimum Gasteiger partial charge on any atom is -0.310 e. The van der Waals surface area contributed by atoms with Gasteiger partial charge in [-0.1, -0.05) is 275 Å². The van der Waals surface area contributed by atoms with Crippen LogP contribution in [-0.4, -0.2) is 64.6 Å². The average molecular weight is 1200 g/mol. The number of hydrogen-bond acceptors (Lipinski definition) is 2. The summed E-state index contributed by atoms with van der Waals surface area (Å²) in [7, 11) is -14.2. The molecule has 8 aromatic carbocycles. The summed E-state index contributed by atoms with van der Waals surface area (Å²) in [6, 6.07) is 46.9. The van der Waals surface area contributed by atoms with Gasteiger partial charge >= 0.3 is 0 Å². The van der Waals surface area contributed by atoms with Crippen LogP contribution in [0, 0.1) is 0 Å². The molecule has 8 rings (SSSR count). The van der Waals surface area contributed by atoms with E-state index in [2.05, 4.69) is 304 Å². The smallest absolute Gasteiger partial charge is 0.0776 e. The highest BCUT2D eigenvalue weighted by atomic mass is 28.3. The Morgan fingerprint density at radius 1 is 0.237 bits per heavy atom. The molecule has 426 valence electrons. The Balaban J connectivity index is 1.63. The molecule has 0 amide bonds. The molecule has 0 heterocycles. The molecule has 0 atom stereocenters. The molecule has 0 spiro atoms. The molecule has 8 aromatic rings. The summed E-state index contributed by atoms with van der Waals surface area (Å²) in [6.45, 7) is 70.7. The fraction of sp³-hybridized carbons (Fsp3) is 0.429. The van der Waals surface area contributed by atoms with Crippen molar-refractivity contribution in [3.8, 4) is 0 Å². The Morgan fingerprint density at radius 2 is 0.412 bits per heavy atom. The van der Waals surface area contributed by atoms with Crippen LogP contribution in [0.2, 0.25) is 157 Å². The second-order valence-electron chi connectivity index (χ2n) is 33.1. The van der Waals surface area contributed by atoms with E-state index in [4.69, 9.17) is 0 Å². The molecule has 0 saturated heterocycles. The Labute approximate surface area is 495 Å². The van der Waals surface area contributed by atoms with Crippen LogP contribution >= 0.6 is 0 Å². The van der Waals surface area contributed by atoms with Gasteiger partial charge in [-0.2, -0.15) is 0 Å². The average Bonchev–Trinajstić information content (AvgIpc) is 3.32. The summed E-state index contributed by atoms with van der Waals surface area (Å²) in [6.07, 6.45) is 0. The van der Waals surface area contributed by atoms with Crippen LogP contribution in [0.3, 0.4) is 0 Å². The van der Waals surface area contributed by atoms with Crippen molar-refractivity contribution < 1.29 is 0 Å². The minimum absolute atomic E-state index is 0.297. The van der Waals surface area contributed by atoms with Gasteiger partial charge in [0, 0.05) is 33.5 Å². The largest absolute Gasteiger partial charge is 0.310 e. The number of anilines is 6. The van der Waals surface area contributed by atoms with Crippen LogP contribution in [-0.2, 0) is 0 Å². The number of nitrogens with zero attached hydrogens (tertiary/aromatic N) is 2. The molecule has 0 aliphatic rings. The Bertz CT molecular complexity index is 3120. The quantitative estimate of drug-likeness (QED) is 0.0703. The molecule has 0 N–H and O–H groups in total. The van der Waals surface area contributed by atoms with E-state index in [9.17, 15) is 0 Å². The molecule has 10 heteroatoms. The monoisotopic (exact) mass is 1200 g/mol. The molecule has 0 fully saturated rings. The molecule has 0 unspecified atom stereocenters. The first kappa shape index (κ1) is 62.2. The van der Waals surface area contributed by atoms with Gasteiger partial charge in [-0.25, -0.2) is 0 Å². The first-order valence-corrected chi connectivity index (χ1v) is 58.4. The van der Waals surface area contributed by atoms with Crippen molar-refractivity contribution in [2.75, 3.05) is 9.80 Å². The molecular weight excluding hydrogens is 1090 g/mol. The van der Waals surface area contributed by atoms with Gasteiger partial charge in [0.05, 0.1) is 76.0 Å². The second-order valence-corrected chi connectivity index (χ2v) is 73.7. The standard InChI is InChI=1S/C70H104N2Si8/c1-47(2)65-45-67(71(49-33-53(73(5,6)7)41-54(34-49)74(8,9)10)50-35-55(75(11,12)13)42-56(36-50)76(14,15)16)63-32-30-62-66(48(3)4)46-68(64-31-29-61(65)69(63)70(62)64)72(51-37-57(77(17,18)19)43-58(38-51)78(20,21)22)52-39-59(79(23,24)25)44-60(40-52)80(26,27)28/h29-48H,1-28H3. The molecule has 0 bridgehead atoms. The van der Waals surface area contributed by atoms with Gasteiger partial charge in [0.15, 0.2) is 0 Å². The van der Waals surface area contributed by atoms with E-state index in [0.29, 0.717) is 11.8 Å². The number of rotatable bonds is 16. The molecule has 0 aliphatic carbocycles. The summed E-state index contributed by atoms with van der Waals surface area (Å²) in [5, 5.41) is 20.6. The Hall–Kier alpha value is -3.86. The van der Waals surface area contributed by atoms with E-state index in [-0.39, 0.29) is 0 Å². The number of benzene rings is 8. The predicted molar refractivity (Wildman–Crippen MR) is 392 cm³/mol. The van der Waals surface area contributed by atoms with Crippen molar-refractivity contribution in [1.82, 2.24) is 0 Å². The van der Waals surface area contributed by atoms with Crippen LogP contribution in [0.1, 0.15) is 50.7 Å². The van der Waals surface area contributed by atoms with Gasteiger partial charge in [-0.15, -0.1) is 0 Å².